The van der Waals surface area contributed by atoms with E-state index in [4.69, 9.17) is 0 Å². The van der Waals surface area contributed by atoms with E-state index in [0.717, 1.165) is 0 Å². The van der Waals surface area contributed by atoms with Crippen molar-refractivity contribution in [2.75, 3.05) is 26.8 Å². The lowest BCUT2D eigenvalue weighted by molar-refractivity contribution is 0.0366. The number of aliphatic hydroxyl groups is 2. The number of benzene rings is 1. The zero-order valence-electron chi connectivity index (χ0n) is 14.0. The predicted molar refractivity (Wildman–Crippen MR) is 87.5 cm³/mol. The van der Waals surface area contributed by atoms with E-state index in [1.54, 1.807) is 39.1 Å². The van der Waals surface area contributed by atoms with Crippen molar-refractivity contribution in [1.29, 1.82) is 0 Å². The van der Waals surface area contributed by atoms with Crippen molar-refractivity contribution in [2.24, 2.45) is 5.41 Å². The molecular formula is C17H22FN3O3. The van der Waals surface area contributed by atoms with Crippen LogP contribution < -0.4 is 0 Å². The van der Waals surface area contributed by atoms with Gasteiger partial charge in [0.2, 0.25) is 0 Å². The molecule has 0 radical (unpaired) electrons. The first-order valence-electron chi connectivity index (χ1n) is 7.59. The summed E-state index contributed by atoms with van der Waals surface area (Å²) in [6.45, 7) is 3.08. The van der Waals surface area contributed by atoms with E-state index in [2.05, 4.69) is 5.10 Å². The van der Waals surface area contributed by atoms with Crippen LogP contribution in [0.4, 0.5) is 4.39 Å². The Labute approximate surface area is 140 Å². The van der Waals surface area contributed by atoms with E-state index in [-0.39, 0.29) is 31.4 Å². The number of carbonyl (C=O) groups excluding carboxylic acids is 1. The third kappa shape index (κ3) is 3.47. The second-order valence-electron chi connectivity index (χ2n) is 6.29. The number of carbonyl (C=O) groups is 1. The van der Waals surface area contributed by atoms with Crippen molar-refractivity contribution in [3.05, 3.63) is 47.5 Å². The number of para-hydroxylation sites is 1. The normalized spacial score (nSPS) is 11.6. The molecule has 0 unspecified atom stereocenters. The third-order valence-electron chi connectivity index (χ3n) is 4.05. The molecule has 2 N–H and O–H groups in total. The maximum atomic E-state index is 13.9. The molecule has 7 heteroatoms. The van der Waals surface area contributed by atoms with Gasteiger partial charge in [0, 0.05) is 19.0 Å². The molecule has 6 nitrogen and oxygen atoms in total. The smallest absolute Gasteiger partial charge is 0.257 e. The van der Waals surface area contributed by atoms with Crippen LogP contribution in [-0.4, -0.2) is 57.6 Å². The molecule has 0 spiro atoms. The maximum absolute atomic E-state index is 13.9. The van der Waals surface area contributed by atoms with E-state index >= 15 is 0 Å². The zero-order valence-corrected chi connectivity index (χ0v) is 14.0. The number of halogens is 1. The van der Waals surface area contributed by atoms with Crippen molar-refractivity contribution in [1.82, 2.24) is 14.7 Å². The molecule has 0 bridgehead atoms. The highest BCUT2D eigenvalue weighted by atomic mass is 19.1. The predicted octanol–water partition coefficient (Wildman–Crippen LogP) is 1.38. The summed E-state index contributed by atoms with van der Waals surface area (Å²) >= 11 is 0. The van der Waals surface area contributed by atoms with Gasteiger partial charge in [-0.3, -0.25) is 4.79 Å². The van der Waals surface area contributed by atoms with E-state index in [0.29, 0.717) is 11.3 Å². The molecule has 2 aromatic rings. The Hall–Kier alpha value is -2.25. The summed E-state index contributed by atoms with van der Waals surface area (Å²) in [5.41, 5.74) is 0.345. The lowest BCUT2D eigenvalue weighted by atomic mass is 9.92. The van der Waals surface area contributed by atoms with E-state index in [1.165, 1.54) is 21.8 Å². The Balaban J connectivity index is 2.28. The van der Waals surface area contributed by atoms with Gasteiger partial charge in [0.25, 0.3) is 5.91 Å². The molecule has 1 aromatic carbocycles. The molecular weight excluding hydrogens is 313 g/mol. The largest absolute Gasteiger partial charge is 0.396 e. The first kappa shape index (κ1) is 18.1. The standard InChI is InChI=1S/C17H22FN3O3/c1-12-13(16(24)20(3)9-17(2,10-22)11-23)8-19-21(12)15-7-5-4-6-14(15)18/h4-8,22-23H,9-11H2,1-3H3. The molecule has 0 aliphatic rings. The molecule has 0 atom stereocenters. The van der Waals surface area contributed by atoms with Crippen molar-refractivity contribution < 1.29 is 19.4 Å². The van der Waals surface area contributed by atoms with Crippen LogP contribution in [0, 0.1) is 18.2 Å². The van der Waals surface area contributed by atoms with Crippen LogP contribution in [0.15, 0.2) is 30.5 Å². The number of hydrogen-bond acceptors (Lipinski definition) is 4. The molecule has 0 saturated heterocycles. The lowest BCUT2D eigenvalue weighted by Gasteiger charge is -2.30. The van der Waals surface area contributed by atoms with Crippen LogP contribution in [0.3, 0.4) is 0 Å². The van der Waals surface area contributed by atoms with Gasteiger partial charge < -0.3 is 15.1 Å². The van der Waals surface area contributed by atoms with Gasteiger partial charge in [-0.25, -0.2) is 9.07 Å². The van der Waals surface area contributed by atoms with Crippen LogP contribution in [-0.2, 0) is 0 Å². The van der Waals surface area contributed by atoms with Crippen LogP contribution in [0.25, 0.3) is 5.69 Å². The average molecular weight is 335 g/mol. The Kier molecular flexibility index (Phi) is 5.36. The lowest BCUT2D eigenvalue weighted by Crippen LogP contribution is -2.41. The molecule has 2 rings (SSSR count). The number of rotatable bonds is 6. The molecule has 24 heavy (non-hydrogen) atoms. The molecule has 0 fully saturated rings. The SMILES string of the molecule is Cc1c(C(=O)N(C)CC(C)(CO)CO)cnn1-c1ccccc1F. The van der Waals surface area contributed by atoms with Crippen LogP contribution in [0.2, 0.25) is 0 Å². The summed E-state index contributed by atoms with van der Waals surface area (Å²) in [6.07, 6.45) is 1.40. The van der Waals surface area contributed by atoms with Crippen LogP contribution >= 0.6 is 0 Å². The Morgan fingerprint density at radius 2 is 1.96 bits per heavy atom. The number of amides is 1. The summed E-state index contributed by atoms with van der Waals surface area (Å²) in [5, 5.41) is 22.9. The summed E-state index contributed by atoms with van der Waals surface area (Å²) in [6, 6.07) is 6.20. The van der Waals surface area contributed by atoms with E-state index in [1.807, 2.05) is 0 Å². The number of nitrogens with zero attached hydrogens (tertiary/aromatic N) is 3. The minimum absolute atomic E-state index is 0.184. The van der Waals surface area contributed by atoms with Gasteiger partial charge in [-0.1, -0.05) is 19.1 Å². The van der Waals surface area contributed by atoms with Gasteiger partial charge in [-0.05, 0) is 19.1 Å². The zero-order chi connectivity index (χ0) is 17.9. The molecule has 0 saturated carbocycles. The van der Waals surface area contributed by atoms with Crippen molar-refractivity contribution in [3.63, 3.8) is 0 Å². The van der Waals surface area contributed by atoms with Gasteiger partial charge in [0.05, 0.1) is 30.7 Å². The van der Waals surface area contributed by atoms with Gasteiger partial charge >= 0.3 is 0 Å². The minimum Gasteiger partial charge on any atom is -0.396 e. The van der Waals surface area contributed by atoms with Crippen molar-refractivity contribution in [2.45, 2.75) is 13.8 Å². The first-order valence-corrected chi connectivity index (χ1v) is 7.59. The maximum Gasteiger partial charge on any atom is 0.257 e. The summed E-state index contributed by atoms with van der Waals surface area (Å²) in [4.78, 5) is 14.0. The molecule has 1 heterocycles. The highest BCUT2D eigenvalue weighted by molar-refractivity contribution is 5.95. The minimum atomic E-state index is -0.792. The highest BCUT2D eigenvalue weighted by Gasteiger charge is 2.28. The van der Waals surface area contributed by atoms with E-state index in [9.17, 15) is 19.4 Å². The topological polar surface area (TPSA) is 78.6 Å². The Morgan fingerprint density at radius 1 is 1.33 bits per heavy atom. The fraction of sp³-hybridized carbons (Fsp3) is 0.412. The van der Waals surface area contributed by atoms with Gasteiger partial charge in [0.1, 0.15) is 11.5 Å². The summed E-state index contributed by atoms with van der Waals surface area (Å²) in [5.74, 6) is -0.729. The number of aromatic nitrogens is 2. The third-order valence-corrected chi connectivity index (χ3v) is 4.05. The van der Waals surface area contributed by atoms with Crippen LogP contribution in [0.5, 0.6) is 0 Å². The van der Waals surface area contributed by atoms with E-state index < -0.39 is 11.2 Å². The Bertz CT molecular complexity index is 726. The van der Waals surface area contributed by atoms with Gasteiger partial charge in [-0.15, -0.1) is 0 Å². The highest BCUT2D eigenvalue weighted by Crippen LogP contribution is 2.20. The summed E-state index contributed by atoms with van der Waals surface area (Å²) < 4.78 is 15.3. The van der Waals surface area contributed by atoms with Gasteiger partial charge in [0.15, 0.2) is 0 Å². The molecule has 1 aromatic heterocycles. The van der Waals surface area contributed by atoms with Crippen molar-refractivity contribution >= 4 is 5.91 Å². The fourth-order valence-corrected chi connectivity index (χ4v) is 2.49. The number of aliphatic hydroxyl groups excluding tert-OH is 2. The second kappa shape index (κ2) is 7.11. The monoisotopic (exact) mass is 335 g/mol. The van der Waals surface area contributed by atoms with Gasteiger partial charge in [-0.2, -0.15) is 5.10 Å². The van der Waals surface area contributed by atoms with Crippen LogP contribution in [0.1, 0.15) is 23.0 Å². The quantitative estimate of drug-likeness (QED) is 0.836. The fourth-order valence-electron chi connectivity index (χ4n) is 2.49. The summed E-state index contributed by atoms with van der Waals surface area (Å²) in [7, 11) is 1.59. The first-order chi connectivity index (χ1) is 11.3. The second-order valence-corrected chi connectivity index (χ2v) is 6.29. The molecule has 0 aliphatic heterocycles. The van der Waals surface area contributed by atoms with Crippen molar-refractivity contribution in [3.8, 4) is 5.69 Å². The number of hydrogen-bond donors (Lipinski definition) is 2. The molecule has 0 aliphatic carbocycles. The Morgan fingerprint density at radius 3 is 2.54 bits per heavy atom. The average Bonchev–Trinajstić information content (AvgIpc) is 2.95. The molecule has 130 valence electrons. The molecule has 1 amide bonds.